The summed E-state index contributed by atoms with van der Waals surface area (Å²) >= 11 is 0. The Morgan fingerprint density at radius 1 is 0.889 bits per heavy atom. The van der Waals surface area contributed by atoms with Gasteiger partial charge in [-0.2, -0.15) is 0 Å². The highest BCUT2D eigenvalue weighted by molar-refractivity contribution is 7.92. The van der Waals surface area contributed by atoms with Gasteiger partial charge >= 0.3 is 0 Å². The summed E-state index contributed by atoms with van der Waals surface area (Å²) in [5, 5.41) is 3.52. The molecule has 5 rings (SSSR count). The van der Waals surface area contributed by atoms with Crippen LogP contribution in [0, 0.1) is 13.8 Å². The van der Waals surface area contributed by atoms with E-state index in [9.17, 15) is 13.2 Å². The number of benzene rings is 2. The fraction of sp³-hybridized carbons (Fsp3) is 0.0769. The van der Waals surface area contributed by atoms with Crippen LogP contribution in [0.25, 0.3) is 22.4 Å². The first-order chi connectivity index (χ1) is 17.3. The van der Waals surface area contributed by atoms with E-state index in [0.29, 0.717) is 45.1 Å². The molecule has 0 aliphatic carbocycles. The van der Waals surface area contributed by atoms with Crippen molar-refractivity contribution in [2.75, 3.05) is 10.0 Å². The minimum Gasteiger partial charge on any atom is -0.463 e. The third-order valence-corrected chi connectivity index (χ3v) is 6.73. The lowest BCUT2D eigenvalue weighted by Crippen LogP contribution is -2.15. The number of aryl methyl sites for hydroxylation is 2. The number of hydrogen-bond acceptors (Lipinski definition) is 7. The SMILES string of the molecule is Cc1cc(NS(=O)(=O)c2ccc(NC(=O)c3cc(-c4ccco4)nc4ccccc34)cc2)nc(C)n1. The molecule has 3 heterocycles. The number of sulfonamides is 1. The van der Waals surface area contributed by atoms with Gasteiger partial charge in [0.05, 0.1) is 22.2 Å². The fourth-order valence-corrected chi connectivity index (χ4v) is 4.79. The minimum atomic E-state index is -3.88. The Morgan fingerprint density at radius 3 is 2.39 bits per heavy atom. The Labute approximate surface area is 207 Å². The van der Waals surface area contributed by atoms with E-state index in [1.807, 2.05) is 24.3 Å². The molecule has 0 atom stereocenters. The van der Waals surface area contributed by atoms with Gasteiger partial charge in [-0.1, -0.05) is 18.2 Å². The number of furan rings is 1. The fourth-order valence-electron chi connectivity index (χ4n) is 3.80. The topological polar surface area (TPSA) is 127 Å². The van der Waals surface area contributed by atoms with Gasteiger partial charge < -0.3 is 9.73 Å². The molecule has 0 radical (unpaired) electrons. The smallest absolute Gasteiger partial charge is 0.263 e. The highest BCUT2D eigenvalue weighted by Crippen LogP contribution is 2.26. The van der Waals surface area contributed by atoms with E-state index in [-0.39, 0.29) is 16.6 Å². The molecule has 0 fully saturated rings. The monoisotopic (exact) mass is 499 g/mol. The van der Waals surface area contributed by atoms with Crippen LogP contribution in [-0.4, -0.2) is 29.3 Å². The Bertz CT molecular complexity index is 1660. The molecule has 9 nitrogen and oxygen atoms in total. The first-order valence-electron chi connectivity index (χ1n) is 11.0. The molecule has 10 heteroatoms. The highest BCUT2D eigenvalue weighted by atomic mass is 32.2. The second-order valence-corrected chi connectivity index (χ2v) is 9.76. The standard InChI is InChI=1S/C26H21N5O4S/c1-16-14-25(28-17(2)27-16)31-36(33,34)19-11-9-18(10-12-19)29-26(32)21-15-23(24-8-5-13-35-24)30-22-7-4-3-6-20(21)22/h3-15H,1-2H3,(H,29,32)(H,27,28,31). The van der Waals surface area contributed by atoms with Crippen LogP contribution in [0.5, 0.6) is 0 Å². The maximum Gasteiger partial charge on any atom is 0.263 e. The summed E-state index contributed by atoms with van der Waals surface area (Å²) in [4.78, 5) is 26.1. The maximum atomic E-state index is 13.2. The number of carbonyl (C=O) groups excluding carboxylic acids is 1. The van der Waals surface area contributed by atoms with E-state index in [4.69, 9.17) is 4.42 Å². The first kappa shape index (κ1) is 23.2. The summed E-state index contributed by atoms with van der Waals surface area (Å²) in [6, 6.07) is 20.0. The number of anilines is 2. The van der Waals surface area contributed by atoms with E-state index in [1.54, 1.807) is 44.4 Å². The molecule has 0 aliphatic rings. The molecule has 36 heavy (non-hydrogen) atoms. The molecular weight excluding hydrogens is 478 g/mol. The van der Waals surface area contributed by atoms with E-state index >= 15 is 0 Å². The lowest BCUT2D eigenvalue weighted by Gasteiger charge is -2.11. The number of pyridine rings is 1. The number of fused-ring (bicyclic) bond motifs is 1. The molecule has 5 aromatic rings. The van der Waals surface area contributed by atoms with E-state index in [2.05, 4.69) is 25.0 Å². The Hall–Kier alpha value is -4.57. The van der Waals surface area contributed by atoms with Crippen molar-refractivity contribution in [3.8, 4) is 11.5 Å². The van der Waals surface area contributed by atoms with Gasteiger partial charge in [0.15, 0.2) is 5.76 Å². The Balaban J connectivity index is 1.39. The zero-order valence-corrected chi connectivity index (χ0v) is 20.2. The van der Waals surface area contributed by atoms with Crippen LogP contribution in [0.4, 0.5) is 11.5 Å². The van der Waals surface area contributed by atoms with E-state index in [1.165, 1.54) is 24.3 Å². The molecule has 2 N–H and O–H groups in total. The molecular formula is C26H21N5O4S. The van der Waals surface area contributed by atoms with Gasteiger partial charge in [0.2, 0.25) is 0 Å². The molecule has 0 unspecified atom stereocenters. The number of nitrogens with one attached hydrogen (secondary N) is 2. The van der Waals surface area contributed by atoms with Gasteiger partial charge in [0.25, 0.3) is 15.9 Å². The first-order valence-corrected chi connectivity index (χ1v) is 12.5. The molecule has 0 aliphatic heterocycles. The van der Waals surface area contributed by atoms with Gasteiger partial charge in [-0.15, -0.1) is 0 Å². The minimum absolute atomic E-state index is 0.0314. The summed E-state index contributed by atoms with van der Waals surface area (Å²) < 4.78 is 33.5. The summed E-state index contributed by atoms with van der Waals surface area (Å²) in [7, 11) is -3.88. The summed E-state index contributed by atoms with van der Waals surface area (Å²) in [5.41, 5.74) is 2.69. The van der Waals surface area contributed by atoms with Crippen LogP contribution in [0.15, 0.2) is 88.4 Å². The zero-order chi connectivity index (χ0) is 25.3. The van der Waals surface area contributed by atoms with Crippen molar-refractivity contribution in [3.05, 3.63) is 96.1 Å². The average Bonchev–Trinajstić information content (AvgIpc) is 3.38. The van der Waals surface area contributed by atoms with Crippen molar-refractivity contribution in [3.63, 3.8) is 0 Å². The molecule has 0 spiro atoms. The van der Waals surface area contributed by atoms with Gasteiger partial charge in [-0.25, -0.2) is 23.4 Å². The van der Waals surface area contributed by atoms with E-state index in [0.717, 1.165) is 0 Å². The van der Waals surface area contributed by atoms with Gasteiger partial charge in [-0.3, -0.25) is 9.52 Å². The van der Waals surface area contributed by atoms with E-state index < -0.39 is 10.0 Å². The molecule has 3 aromatic heterocycles. The summed E-state index contributed by atoms with van der Waals surface area (Å²) in [5.74, 6) is 0.840. The van der Waals surface area contributed by atoms with Crippen LogP contribution >= 0.6 is 0 Å². The van der Waals surface area contributed by atoms with Gasteiger partial charge in [0, 0.05) is 22.8 Å². The Morgan fingerprint density at radius 2 is 1.67 bits per heavy atom. The van der Waals surface area contributed by atoms with Crippen molar-refractivity contribution in [1.82, 2.24) is 15.0 Å². The number of aromatic nitrogens is 3. The van der Waals surface area contributed by atoms with Gasteiger partial charge in [-0.05, 0) is 62.4 Å². The molecule has 0 saturated heterocycles. The summed E-state index contributed by atoms with van der Waals surface area (Å²) in [6.45, 7) is 3.44. The molecule has 180 valence electrons. The van der Waals surface area contributed by atoms with Gasteiger partial charge in [0.1, 0.15) is 17.3 Å². The molecule has 0 saturated carbocycles. The second kappa shape index (κ2) is 9.23. The van der Waals surface area contributed by atoms with Crippen molar-refractivity contribution in [2.45, 2.75) is 18.7 Å². The average molecular weight is 500 g/mol. The number of hydrogen-bond donors (Lipinski definition) is 2. The number of rotatable bonds is 6. The van der Waals surface area contributed by atoms with Crippen LogP contribution in [0.3, 0.4) is 0 Å². The molecule has 1 amide bonds. The van der Waals surface area contributed by atoms with Crippen molar-refractivity contribution < 1.29 is 17.6 Å². The normalized spacial score (nSPS) is 11.4. The van der Waals surface area contributed by atoms with Crippen LogP contribution in [0.2, 0.25) is 0 Å². The van der Waals surface area contributed by atoms with Crippen molar-refractivity contribution >= 4 is 38.3 Å². The number of carbonyl (C=O) groups is 1. The van der Waals surface area contributed by atoms with Crippen molar-refractivity contribution in [1.29, 1.82) is 0 Å². The second-order valence-electron chi connectivity index (χ2n) is 8.08. The molecule has 2 aromatic carbocycles. The molecule has 0 bridgehead atoms. The van der Waals surface area contributed by atoms with Crippen LogP contribution in [0.1, 0.15) is 21.9 Å². The third kappa shape index (κ3) is 4.80. The lowest BCUT2D eigenvalue weighted by atomic mass is 10.1. The number of nitrogens with zero attached hydrogens (tertiary/aromatic N) is 3. The zero-order valence-electron chi connectivity index (χ0n) is 19.4. The lowest BCUT2D eigenvalue weighted by molar-refractivity contribution is 0.102. The predicted molar refractivity (Wildman–Crippen MR) is 136 cm³/mol. The largest absolute Gasteiger partial charge is 0.463 e. The highest BCUT2D eigenvalue weighted by Gasteiger charge is 2.18. The van der Waals surface area contributed by atoms with Crippen molar-refractivity contribution in [2.24, 2.45) is 0 Å². The predicted octanol–water partition coefficient (Wildman–Crippen LogP) is 4.95. The number of amides is 1. The van der Waals surface area contributed by atoms with Crippen LogP contribution < -0.4 is 10.0 Å². The summed E-state index contributed by atoms with van der Waals surface area (Å²) in [6.07, 6.45) is 1.55. The number of para-hydroxylation sites is 1. The third-order valence-electron chi connectivity index (χ3n) is 5.36. The maximum absolute atomic E-state index is 13.2. The Kier molecular flexibility index (Phi) is 5.95. The van der Waals surface area contributed by atoms with Crippen LogP contribution in [-0.2, 0) is 10.0 Å². The quantitative estimate of drug-likeness (QED) is 0.338.